The molecule has 2 fully saturated rings. The number of fused-ring (bicyclic) bond motifs is 2. The molecule has 0 radical (unpaired) electrons. The topological polar surface area (TPSA) is 74.9 Å². The highest BCUT2D eigenvalue weighted by atomic mass is 32.1. The largest absolute Gasteiger partial charge is 0.494 e. The lowest BCUT2D eigenvalue weighted by molar-refractivity contribution is -0.944. The van der Waals surface area contributed by atoms with Gasteiger partial charge in [-0.15, -0.1) is 11.3 Å². The van der Waals surface area contributed by atoms with Gasteiger partial charge in [-0.3, -0.25) is 14.1 Å². The smallest absolute Gasteiger partial charge is 0.297 e. The van der Waals surface area contributed by atoms with Crippen LogP contribution in [0.25, 0.3) is 21.0 Å². The second-order valence-corrected chi connectivity index (χ2v) is 12.4. The van der Waals surface area contributed by atoms with Gasteiger partial charge >= 0.3 is 0 Å². The number of aromatic nitrogens is 1. The minimum Gasteiger partial charge on any atom is -0.494 e. The van der Waals surface area contributed by atoms with Gasteiger partial charge in [0.25, 0.3) is 6.47 Å². The first-order chi connectivity index (χ1) is 22.5. The highest BCUT2D eigenvalue weighted by Gasteiger charge is 2.33. The number of H-pyrrole nitrogens is 1. The van der Waals surface area contributed by atoms with Crippen LogP contribution >= 0.6 is 11.3 Å². The summed E-state index contributed by atoms with van der Waals surface area (Å²) < 4.78 is 13.3. The molecule has 2 aliphatic rings. The van der Waals surface area contributed by atoms with Gasteiger partial charge in [-0.1, -0.05) is 40.2 Å². The van der Waals surface area contributed by atoms with Gasteiger partial charge in [0.1, 0.15) is 5.75 Å². The van der Waals surface area contributed by atoms with E-state index >= 15 is 0 Å². The summed E-state index contributed by atoms with van der Waals surface area (Å²) in [6.45, 7) is 16.9. The number of pyridine rings is 1. The number of carbonyl (C=O) groups excluding carboxylic acids is 1. The Labute approximate surface area is 279 Å². The first-order valence-corrected chi connectivity index (χ1v) is 18.0. The Kier molecular flexibility index (Phi) is 16.1. The zero-order valence-corrected chi connectivity index (χ0v) is 29.4. The summed E-state index contributed by atoms with van der Waals surface area (Å²) in [7, 11) is 2.19. The fourth-order valence-electron chi connectivity index (χ4n) is 6.00. The minimum atomic E-state index is -0.117. The van der Waals surface area contributed by atoms with E-state index < -0.39 is 0 Å². The number of thiophene rings is 1. The second kappa shape index (κ2) is 20.0. The molecule has 0 amide bonds. The van der Waals surface area contributed by atoms with Crippen molar-refractivity contribution < 1.29 is 18.8 Å². The third-order valence-electron chi connectivity index (χ3n) is 8.49. The molecular formula is C37H55N4O4S+. The van der Waals surface area contributed by atoms with Crippen molar-refractivity contribution in [1.29, 1.82) is 0 Å². The van der Waals surface area contributed by atoms with Crippen molar-refractivity contribution in [2.75, 3.05) is 71.1 Å². The SMILES string of the molecule is CC.CC.CN1CCCCC1.O=COC[N+]1(CCCCOc2ccc3ccc(=O)[nH]c3c2)CCN(c2cccc3sccc23)CC1. The van der Waals surface area contributed by atoms with E-state index in [0.717, 1.165) is 66.7 Å². The van der Waals surface area contributed by atoms with Crippen LogP contribution in [0.5, 0.6) is 5.75 Å². The molecule has 2 aromatic carbocycles. The lowest BCUT2D eigenvalue weighted by Crippen LogP contribution is -2.61. The number of piperazine rings is 1. The number of benzene rings is 2. The summed E-state index contributed by atoms with van der Waals surface area (Å²) in [6, 6.07) is 17.8. The van der Waals surface area contributed by atoms with Crippen LogP contribution in [0, 0.1) is 0 Å². The highest BCUT2D eigenvalue weighted by molar-refractivity contribution is 7.17. The number of anilines is 1. The summed E-state index contributed by atoms with van der Waals surface area (Å²) in [5.41, 5.74) is 1.96. The summed E-state index contributed by atoms with van der Waals surface area (Å²) in [5.74, 6) is 0.753. The van der Waals surface area contributed by atoms with E-state index in [9.17, 15) is 9.59 Å². The number of nitrogens with zero attached hydrogens (tertiary/aromatic N) is 3. The minimum absolute atomic E-state index is 0.117. The van der Waals surface area contributed by atoms with Crippen LogP contribution in [0.4, 0.5) is 5.69 Å². The van der Waals surface area contributed by atoms with Crippen molar-refractivity contribution in [3.05, 3.63) is 70.3 Å². The summed E-state index contributed by atoms with van der Waals surface area (Å²) in [5, 5.41) is 4.44. The number of rotatable bonds is 10. The summed E-state index contributed by atoms with van der Waals surface area (Å²) >= 11 is 1.77. The van der Waals surface area contributed by atoms with Gasteiger partial charge < -0.3 is 24.3 Å². The molecule has 2 aliphatic heterocycles. The average Bonchev–Trinajstić information content (AvgIpc) is 3.59. The third kappa shape index (κ3) is 10.9. The number of ether oxygens (including phenoxy) is 2. The van der Waals surface area contributed by atoms with Crippen LogP contribution in [0.15, 0.2) is 64.8 Å². The first kappa shape index (κ1) is 37.1. The number of unbranched alkanes of at least 4 members (excludes halogenated alkanes) is 1. The fourth-order valence-corrected chi connectivity index (χ4v) is 6.81. The molecule has 6 rings (SSSR count). The van der Waals surface area contributed by atoms with E-state index in [1.165, 1.54) is 54.2 Å². The molecule has 2 aromatic heterocycles. The molecule has 8 nitrogen and oxygen atoms in total. The number of carbonyl (C=O) groups is 1. The number of aromatic amines is 1. The number of nitrogens with one attached hydrogen (secondary N) is 1. The summed E-state index contributed by atoms with van der Waals surface area (Å²) in [4.78, 5) is 30.2. The van der Waals surface area contributed by atoms with Crippen molar-refractivity contribution in [2.24, 2.45) is 0 Å². The van der Waals surface area contributed by atoms with Gasteiger partial charge in [0.15, 0.2) is 0 Å². The quantitative estimate of drug-likeness (QED) is 0.109. The number of hydrogen-bond acceptors (Lipinski definition) is 7. The number of piperidine rings is 1. The van der Waals surface area contributed by atoms with Crippen LogP contribution in [0.2, 0.25) is 0 Å². The zero-order valence-electron chi connectivity index (χ0n) is 28.6. The van der Waals surface area contributed by atoms with Crippen LogP contribution in [0.1, 0.15) is 59.8 Å². The third-order valence-corrected chi connectivity index (χ3v) is 9.37. The van der Waals surface area contributed by atoms with Crippen molar-refractivity contribution >= 4 is 44.5 Å². The monoisotopic (exact) mass is 651 g/mol. The van der Waals surface area contributed by atoms with Gasteiger partial charge in [0.05, 0.1) is 44.8 Å². The van der Waals surface area contributed by atoms with Gasteiger partial charge in [-0.25, -0.2) is 0 Å². The average molecular weight is 652 g/mol. The molecule has 46 heavy (non-hydrogen) atoms. The first-order valence-electron chi connectivity index (χ1n) is 17.1. The Morgan fingerprint density at radius 1 is 0.913 bits per heavy atom. The van der Waals surface area contributed by atoms with E-state index in [1.807, 2.05) is 52.0 Å². The molecular weight excluding hydrogens is 596 g/mol. The molecule has 0 bridgehead atoms. The Morgan fingerprint density at radius 3 is 2.35 bits per heavy atom. The predicted octanol–water partition coefficient (Wildman–Crippen LogP) is 7.52. The molecule has 252 valence electrons. The van der Waals surface area contributed by atoms with E-state index in [1.54, 1.807) is 11.3 Å². The number of quaternary nitrogens is 1. The standard InChI is InChI=1S/C27H29N3O4S.C6H13N.2C2H6/c31-20-33-19-30(14-11-29(12-15-30)25-4-3-5-26-23(25)10-17-35-26)13-1-2-16-34-22-8-6-21-7-9-27(32)28-24(21)18-22;1-7-5-3-2-4-6-7;2*1-2/h3-10,17-18,20H,1-2,11-16,19H2;2-6H2,1H3;2*1-2H3/p+1. The highest BCUT2D eigenvalue weighted by Crippen LogP contribution is 2.32. The maximum Gasteiger partial charge on any atom is 0.297 e. The summed E-state index contributed by atoms with van der Waals surface area (Å²) in [6.07, 6.45) is 6.16. The van der Waals surface area contributed by atoms with Crippen LogP contribution in [-0.2, 0) is 9.53 Å². The Morgan fingerprint density at radius 2 is 1.65 bits per heavy atom. The predicted molar refractivity (Wildman–Crippen MR) is 194 cm³/mol. The molecule has 9 heteroatoms. The molecule has 2 saturated heterocycles. The molecule has 0 saturated carbocycles. The molecule has 0 spiro atoms. The van der Waals surface area contributed by atoms with Crippen molar-refractivity contribution in [3.8, 4) is 5.75 Å². The number of likely N-dealkylation sites (tertiary alicyclic amines) is 1. The maximum atomic E-state index is 11.6. The molecule has 0 unspecified atom stereocenters. The van der Waals surface area contributed by atoms with Crippen molar-refractivity contribution in [3.63, 3.8) is 0 Å². The van der Waals surface area contributed by atoms with Crippen molar-refractivity contribution in [1.82, 2.24) is 9.88 Å². The Bertz CT molecular complexity index is 1490. The molecule has 0 aliphatic carbocycles. The van der Waals surface area contributed by atoms with Gasteiger partial charge in [-0.05, 0) is 93.0 Å². The van der Waals surface area contributed by atoms with Gasteiger partial charge in [0, 0.05) is 27.9 Å². The fraction of sp³-hybridized carbons (Fsp3) is 0.514. The normalized spacial score (nSPS) is 15.8. The Hall–Kier alpha value is -3.40. The van der Waals surface area contributed by atoms with Crippen LogP contribution < -0.4 is 15.2 Å². The van der Waals surface area contributed by atoms with E-state index in [-0.39, 0.29) is 5.56 Å². The molecule has 4 heterocycles. The molecule has 1 N–H and O–H groups in total. The van der Waals surface area contributed by atoms with E-state index in [4.69, 9.17) is 9.47 Å². The van der Waals surface area contributed by atoms with Crippen molar-refractivity contribution in [2.45, 2.75) is 59.8 Å². The number of hydrogen-bond donors (Lipinski definition) is 1. The molecule has 0 atom stereocenters. The second-order valence-electron chi connectivity index (χ2n) is 11.5. The lowest BCUT2D eigenvalue weighted by atomic mass is 10.1. The van der Waals surface area contributed by atoms with Gasteiger partial charge in [-0.2, -0.15) is 0 Å². The Balaban J connectivity index is 0.000000452. The zero-order chi connectivity index (χ0) is 33.2. The van der Waals surface area contributed by atoms with E-state index in [2.05, 4.69) is 51.5 Å². The lowest BCUT2D eigenvalue weighted by Gasteiger charge is -2.44. The van der Waals surface area contributed by atoms with Crippen LogP contribution in [-0.4, -0.2) is 87.0 Å². The van der Waals surface area contributed by atoms with E-state index in [0.29, 0.717) is 19.8 Å². The maximum absolute atomic E-state index is 11.6. The molecule has 4 aromatic rings. The van der Waals surface area contributed by atoms with Crippen LogP contribution in [0.3, 0.4) is 0 Å². The van der Waals surface area contributed by atoms with Gasteiger partial charge in [0.2, 0.25) is 12.3 Å².